The Morgan fingerprint density at radius 1 is 1.45 bits per heavy atom. The molecule has 0 radical (unpaired) electrons. The lowest BCUT2D eigenvalue weighted by molar-refractivity contribution is -0.150. The number of rotatable bonds is 3. The highest BCUT2D eigenvalue weighted by Gasteiger charge is 2.36. The van der Waals surface area contributed by atoms with Gasteiger partial charge in [0.05, 0.1) is 5.92 Å². The van der Waals surface area contributed by atoms with Gasteiger partial charge in [0.25, 0.3) is 0 Å². The maximum atomic E-state index is 12.0. The SMILES string of the molecule is Cc1ccc(N2C[C@@H](C(=O)O[C@@H](C)C#N)CC2=O)cc1. The van der Waals surface area contributed by atoms with Crippen molar-refractivity contribution in [2.75, 3.05) is 11.4 Å². The van der Waals surface area contributed by atoms with Crippen molar-refractivity contribution in [1.82, 2.24) is 0 Å². The van der Waals surface area contributed by atoms with Gasteiger partial charge in [-0.15, -0.1) is 0 Å². The van der Waals surface area contributed by atoms with E-state index in [1.54, 1.807) is 4.90 Å². The van der Waals surface area contributed by atoms with E-state index in [1.165, 1.54) is 6.92 Å². The Morgan fingerprint density at radius 3 is 2.70 bits per heavy atom. The first-order valence-corrected chi connectivity index (χ1v) is 6.48. The molecule has 20 heavy (non-hydrogen) atoms. The van der Waals surface area contributed by atoms with Crippen LogP contribution in [0.4, 0.5) is 5.69 Å². The molecule has 1 fully saturated rings. The second-order valence-electron chi connectivity index (χ2n) is 4.95. The zero-order valence-corrected chi connectivity index (χ0v) is 11.5. The Bertz CT molecular complexity index is 559. The molecule has 5 nitrogen and oxygen atoms in total. The summed E-state index contributed by atoms with van der Waals surface area (Å²) in [4.78, 5) is 25.4. The quantitative estimate of drug-likeness (QED) is 0.787. The topological polar surface area (TPSA) is 70.4 Å². The normalized spacial score (nSPS) is 19.6. The summed E-state index contributed by atoms with van der Waals surface area (Å²) < 4.78 is 4.96. The minimum Gasteiger partial charge on any atom is -0.447 e. The van der Waals surface area contributed by atoms with E-state index < -0.39 is 18.0 Å². The Morgan fingerprint density at radius 2 is 2.10 bits per heavy atom. The summed E-state index contributed by atoms with van der Waals surface area (Å²) in [6.07, 6.45) is -0.656. The summed E-state index contributed by atoms with van der Waals surface area (Å²) in [7, 11) is 0. The Kier molecular flexibility index (Phi) is 4.04. The predicted molar refractivity (Wildman–Crippen MR) is 72.8 cm³/mol. The fourth-order valence-electron chi connectivity index (χ4n) is 2.14. The third-order valence-electron chi connectivity index (χ3n) is 3.28. The van der Waals surface area contributed by atoms with E-state index in [2.05, 4.69) is 0 Å². The number of ether oxygens (including phenoxy) is 1. The van der Waals surface area contributed by atoms with Crippen LogP contribution < -0.4 is 4.90 Å². The molecule has 0 aliphatic carbocycles. The van der Waals surface area contributed by atoms with Gasteiger partial charge in [-0.3, -0.25) is 9.59 Å². The summed E-state index contributed by atoms with van der Waals surface area (Å²) in [6.45, 7) is 3.78. The smallest absolute Gasteiger partial charge is 0.312 e. The average Bonchev–Trinajstić information content (AvgIpc) is 2.81. The van der Waals surface area contributed by atoms with E-state index in [-0.39, 0.29) is 12.3 Å². The van der Waals surface area contributed by atoms with E-state index in [0.717, 1.165) is 11.3 Å². The molecule has 5 heteroatoms. The van der Waals surface area contributed by atoms with Crippen LogP contribution in [0.5, 0.6) is 0 Å². The van der Waals surface area contributed by atoms with Crippen LogP contribution in [0.3, 0.4) is 0 Å². The molecule has 1 aliphatic rings. The van der Waals surface area contributed by atoms with Crippen molar-refractivity contribution in [3.8, 4) is 6.07 Å². The van der Waals surface area contributed by atoms with Crippen LogP contribution >= 0.6 is 0 Å². The van der Waals surface area contributed by atoms with Gasteiger partial charge in [-0.05, 0) is 26.0 Å². The Balaban J connectivity index is 2.06. The molecule has 1 amide bonds. The monoisotopic (exact) mass is 272 g/mol. The first-order chi connectivity index (χ1) is 9.51. The van der Waals surface area contributed by atoms with E-state index in [4.69, 9.17) is 10.00 Å². The largest absolute Gasteiger partial charge is 0.447 e. The first kappa shape index (κ1) is 14.1. The molecular weight excluding hydrogens is 256 g/mol. The molecule has 0 aromatic heterocycles. The lowest BCUT2D eigenvalue weighted by Crippen LogP contribution is -2.27. The highest BCUT2D eigenvalue weighted by molar-refractivity contribution is 5.99. The van der Waals surface area contributed by atoms with Crippen LogP contribution in [0.25, 0.3) is 0 Å². The molecule has 0 unspecified atom stereocenters. The zero-order valence-electron chi connectivity index (χ0n) is 11.5. The van der Waals surface area contributed by atoms with Crippen LogP contribution in [0.15, 0.2) is 24.3 Å². The number of hydrogen-bond donors (Lipinski definition) is 0. The number of nitrogens with zero attached hydrogens (tertiary/aromatic N) is 2. The lowest BCUT2D eigenvalue weighted by Gasteiger charge is -2.17. The number of amides is 1. The van der Waals surface area contributed by atoms with Crippen LogP contribution in [0, 0.1) is 24.2 Å². The summed E-state index contributed by atoms with van der Waals surface area (Å²) in [5.41, 5.74) is 1.89. The van der Waals surface area contributed by atoms with Crippen LogP contribution in [-0.2, 0) is 14.3 Å². The van der Waals surface area contributed by atoms with E-state index in [9.17, 15) is 9.59 Å². The van der Waals surface area contributed by atoms with E-state index in [0.29, 0.717) is 6.54 Å². The molecule has 2 atom stereocenters. The maximum Gasteiger partial charge on any atom is 0.312 e. The highest BCUT2D eigenvalue weighted by Crippen LogP contribution is 2.26. The number of esters is 1. The van der Waals surface area contributed by atoms with Gasteiger partial charge in [0.15, 0.2) is 6.10 Å². The molecule has 0 bridgehead atoms. The summed E-state index contributed by atoms with van der Waals surface area (Å²) in [6, 6.07) is 9.40. The van der Waals surface area contributed by atoms with Crippen molar-refractivity contribution < 1.29 is 14.3 Å². The number of anilines is 1. The van der Waals surface area contributed by atoms with Gasteiger partial charge in [-0.25, -0.2) is 0 Å². The summed E-state index contributed by atoms with van der Waals surface area (Å²) in [5.74, 6) is -1.08. The number of benzene rings is 1. The van der Waals surface area contributed by atoms with Crippen molar-refractivity contribution in [2.45, 2.75) is 26.4 Å². The molecule has 0 N–H and O–H groups in total. The summed E-state index contributed by atoms with van der Waals surface area (Å²) in [5, 5.41) is 8.63. The molecule has 0 spiro atoms. The lowest BCUT2D eigenvalue weighted by atomic mass is 10.1. The van der Waals surface area contributed by atoms with Crippen molar-refractivity contribution in [1.29, 1.82) is 5.26 Å². The molecule has 1 heterocycles. The maximum absolute atomic E-state index is 12.0. The molecule has 2 rings (SSSR count). The fourth-order valence-corrected chi connectivity index (χ4v) is 2.14. The Labute approximate surface area is 117 Å². The van der Waals surface area contributed by atoms with E-state index in [1.807, 2.05) is 37.3 Å². The van der Waals surface area contributed by atoms with Crippen LogP contribution in [-0.4, -0.2) is 24.5 Å². The van der Waals surface area contributed by atoms with Crippen LogP contribution in [0.1, 0.15) is 18.9 Å². The third kappa shape index (κ3) is 2.97. The van der Waals surface area contributed by atoms with Crippen molar-refractivity contribution in [2.24, 2.45) is 5.92 Å². The van der Waals surface area contributed by atoms with Gasteiger partial charge in [-0.2, -0.15) is 5.26 Å². The van der Waals surface area contributed by atoms with Gasteiger partial charge in [-0.1, -0.05) is 17.7 Å². The fraction of sp³-hybridized carbons (Fsp3) is 0.400. The predicted octanol–water partition coefficient (Wildman–Crippen LogP) is 1.80. The second kappa shape index (κ2) is 5.74. The van der Waals surface area contributed by atoms with Gasteiger partial charge in [0, 0.05) is 18.7 Å². The standard InChI is InChI=1S/C15H16N2O3/c1-10-3-5-13(6-4-10)17-9-12(7-14(17)18)15(19)20-11(2)8-16/h3-6,11-12H,7,9H2,1-2H3/t11-,12-/m0/s1. The third-order valence-corrected chi connectivity index (χ3v) is 3.28. The highest BCUT2D eigenvalue weighted by atomic mass is 16.5. The Hall–Kier alpha value is -2.35. The number of nitriles is 1. The molecule has 1 aromatic rings. The molecule has 0 saturated carbocycles. The zero-order chi connectivity index (χ0) is 14.7. The molecule has 1 aliphatic heterocycles. The molecular formula is C15H16N2O3. The van der Waals surface area contributed by atoms with Gasteiger partial charge >= 0.3 is 5.97 Å². The van der Waals surface area contributed by atoms with Crippen molar-refractivity contribution in [3.63, 3.8) is 0 Å². The minimum absolute atomic E-state index is 0.0968. The second-order valence-corrected chi connectivity index (χ2v) is 4.95. The molecule has 1 saturated heterocycles. The minimum atomic E-state index is -0.786. The van der Waals surface area contributed by atoms with Gasteiger partial charge in [0.1, 0.15) is 6.07 Å². The van der Waals surface area contributed by atoms with E-state index >= 15 is 0 Å². The van der Waals surface area contributed by atoms with Gasteiger partial charge in [0.2, 0.25) is 5.91 Å². The van der Waals surface area contributed by atoms with Crippen molar-refractivity contribution in [3.05, 3.63) is 29.8 Å². The average molecular weight is 272 g/mol. The van der Waals surface area contributed by atoms with Crippen molar-refractivity contribution >= 4 is 17.6 Å². The first-order valence-electron chi connectivity index (χ1n) is 6.48. The number of carbonyl (C=O) groups excluding carboxylic acids is 2. The van der Waals surface area contributed by atoms with Crippen LogP contribution in [0.2, 0.25) is 0 Å². The number of hydrogen-bond acceptors (Lipinski definition) is 4. The molecule has 104 valence electrons. The molecule has 1 aromatic carbocycles. The summed E-state index contributed by atoms with van der Waals surface area (Å²) >= 11 is 0. The number of aryl methyl sites for hydroxylation is 1. The number of carbonyl (C=O) groups is 2. The van der Waals surface area contributed by atoms with Gasteiger partial charge < -0.3 is 9.64 Å².